The first kappa shape index (κ1) is 19.0. The number of aliphatic imine (C=N–C) groups is 1. The zero-order chi connectivity index (χ0) is 16.4. The van der Waals surface area contributed by atoms with E-state index in [4.69, 9.17) is 27.9 Å². The van der Waals surface area contributed by atoms with Crippen LogP contribution in [0.3, 0.4) is 0 Å². The van der Waals surface area contributed by atoms with E-state index >= 15 is 0 Å². The maximum atomic E-state index is 10.2. The first-order valence-corrected chi connectivity index (χ1v) is 7.97. The van der Waals surface area contributed by atoms with Crippen LogP contribution in [0.2, 0.25) is 10.0 Å². The number of ether oxygens (including phenoxy) is 1. The average molecular weight is 348 g/mol. The van der Waals surface area contributed by atoms with Crippen molar-refractivity contribution >= 4 is 29.2 Å². The maximum absolute atomic E-state index is 10.2. The summed E-state index contributed by atoms with van der Waals surface area (Å²) in [6, 6.07) is 5.00. The molecule has 0 saturated carbocycles. The van der Waals surface area contributed by atoms with E-state index in [0.717, 1.165) is 19.5 Å². The minimum absolute atomic E-state index is 0.219. The number of aliphatic hydroxyl groups excluding tert-OH is 1. The highest BCUT2D eigenvalue weighted by Crippen LogP contribution is 2.23. The van der Waals surface area contributed by atoms with Crippen molar-refractivity contribution in [3.05, 3.63) is 33.8 Å². The zero-order valence-corrected chi connectivity index (χ0v) is 14.4. The van der Waals surface area contributed by atoms with Gasteiger partial charge in [0, 0.05) is 36.9 Å². The van der Waals surface area contributed by atoms with Crippen LogP contribution in [0.1, 0.15) is 25.0 Å². The predicted molar refractivity (Wildman–Crippen MR) is 91.9 cm³/mol. The average Bonchev–Trinajstić information content (AvgIpc) is 2.47. The van der Waals surface area contributed by atoms with Gasteiger partial charge in [0.1, 0.15) is 0 Å². The van der Waals surface area contributed by atoms with Crippen molar-refractivity contribution in [2.24, 2.45) is 4.99 Å². The lowest BCUT2D eigenvalue weighted by molar-refractivity contribution is 0.187. The summed E-state index contributed by atoms with van der Waals surface area (Å²) in [5.74, 6) is 0.658. The van der Waals surface area contributed by atoms with Gasteiger partial charge in [0.25, 0.3) is 0 Å². The fourth-order valence-corrected chi connectivity index (χ4v) is 2.36. The number of methoxy groups -OCH3 is 1. The van der Waals surface area contributed by atoms with Crippen molar-refractivity contribution in [1.29, 1.82) is 0 Å². The Hall–Kier alpha value is -1.01. The highest BCUT2D eigenvalue weighted by atomic mass is 35.5. The van der Waals surface area contributed by atoms with Crippen LogP contribution < -0.4 is 10.6 Å². The lowest BCUT2D eigenvalue weighted by Crippen LogP contribution is -2.38. The molecule has 1 unspecified atom stereocenters. The van der Waals surface area contributed by atoms with Crippen LogP contribution in [0.5, 0.6) is 0 Å². The summed E-state index contributed by atoms with van der Waals surface area (Å²) in [7, 11) is 1.67. The van der Waals surface area contributed by atoms with Crippen LogP contribution in [-0.2, 0) is 4.74 Å². The van der Waals surface area contributed by atoms with Gasteiger partial charge in [0.2, 0.25) is 0 Å². The molecule has 0 amide bonds. The number of nitrogens with zero attached hydrogens (tertiary/aromatic N) is 1. The Kier molecular flexibility index (Phi) is 9.24. The molecule has 0 aromatic heterocycles. The Morgan fingerprint density at radius 3 is 2.55 bits per heavy atom. The molecule has 5 nitrogen and oxygen atoms in total. The number of guanidine groups is 1. The second kappa shape index (κ2) is 10.7. The molecule has 0 fully saturated rings. The summed E-state index contributed by atoms with van der Waals surface area (Å²) in [4.78, 5) is 4.36. The van der Waals surface area contributed by atoms with Gasteiger partial charge in [0.05, 0.1) is 12.6 Å². The first-order chi connectivity index (χ1) is 10.6. The minimum atomic E-state index is -0.759. The normalized spacial score (nSPS) is 13.0. The van der Waals surface area contributed by atoms with Crippen LogP contribution in [0.25, 0.3) is 0 Å². The van der Waals surface area contributed by atoms with Gasteiger partial charge in [-0.05, 0) is 37.1 Å². The summed E-state index contributed by atoms with van der Waals surface area (Å²) < 4.78 is 5.00. The molecule has 0 aliphatic carbocycles. The summed E-state index contributed by atoms with van der Waals surface area (Å²) in [5.41, 5.74) is 0.650. The van der Waals surface area contributed by atoms with Crippen molar-refractivity contribution < 1.29 is 9.84 Å². The van der Waals surface area contributed by atoms with Crippen LogP contribution in [0, 0.1) is 0 Å². The first-order valence-electron chi connectivity index (χ1n) is 7.22. The number of benzene rings is 1. The molecule has 1 rings (SSSR count). The van der Waals surface area contributed by atoms with E-state index in [0.29, 0.717) is 28.2 Å². The van der Waals surface area contributed by atoms with Crippen LogP contribution in [0.15, 0.2) is 23.2 Å². The smallest absolute Gasteiger partial charge is 0.191 e. The number of rotatable bonds is 8. The van der Waals surface area contributed by atoms with E-state index in [-0.39, 0.29) is 6.54 Å². The molecule has 1 aromatic rings. The molecule has 1 aromatic carbocycles. The summed E-state index contributed by atoms with van der Waals surface area (Å²) in [6.07, 6.45) is 0.124. The van der Waals surface area contributed by atoms with Gasteiger partial charge in [-0.15, -0.1) is 0 Å². The predicted octanol–water partition coefficient (Wildman–Crippen LogP) is 2.62. The van der Waals surface area contributed by atoms with E-state index in [1.54, 1.807) is 25.3 Å². The lowest BCUT2D eigenvalue weighted by Gasteiger charge is -2.13. The van der Waals surface area contributed by atoms with Crippen LogP contribution in [-0.4, -0.2) is 44.4 Å². The van der Waals surface area contributed by atoms with Gasteiger partial charge in [0.15, 0.2) is 5.96 Å². The van der Waals surface area contributed by atoms with E-state index in [1.807, 2.05) is 6.92 Å². The minimum Gasteiger partial charge on any atom is -0.386 e. The number of hydrogen-bond acceptors (Lipinski definition) is 3. The summed E-state index contributed by atoms with van der Waals surface area (Å²) in [5, 5.41) is 17.5. The third kappa shape index (κ3) is 7.31. The van der Waals surface area contributed by atoms with Crippen LogP contribution in [0.4, 0.5) is 0 Å². The molecule has 0 saturated heterocycles. The Labute approximate surface area is 141 Å². The van der Waals surface area contributed by atoms with Crippen molar-refractivity contribution in [2.75, 3.05) is 33.4 Å². The maximum Gasteiger partial charge on any atom is 0.191 e. The van der Waals surface area contributed by atoms with Crippen LogP contribution >= 0.6 is 23.2 Å². The number of aliphatic hydroxyl groups is 1. The molecule has 0 heterocycles. The Morgan fingerprint density at radius 1 is 1.27 bits per heavy atom. The molecule has 22 heavy (non-hydrogen) atoms. The largest absolute Gasteiger partial charge is 0.386 e. The zero-order valence-electron chi connectivity index (χ0n) is 12.9. The number of nitrogens with one attached hydrogen (secondary N) is 2. The number of hydrogen-bond donors (Lipinski definition) is 3. The molecule has 0 radical (unpaired) electrons. The van der Waals surface area contributed by atoms with Gasteiger partial charge in [-0.1, -0.05) is 23.2 Å². The van der Waals surface area contributed by atoms with Gasteiger partial charge < -0.3 is 20.5 Å². The molecule has 0 spiro atoms. The molecule has 124 valence electrons. The van der Waals surface area contributed by atoms with Crippen molar-refractivity contribution in [3.8, 4) is 0 Å². The second-order valence-electron chi connectivity index (χ2n) is 4.71. The Bertz CT molecular complexity index is 464. The third-order valence-electron chi connectivity index (χ3n) is 2.85. The Morgan fingerprint density at radius 2 is 1.95 bits per heavy atom. The fourth-order valence-electron chi connectivity index (χ4n) is 1.82. The van der Waals surface area contributed by atoms with Crippen molar-refractivity contribution in [2.45, 2.75) is 19.4 Å². The highest BCUT2D eigenvalue weighted by Gasteiger charge is 2.09. The number of halogens is 2. The fraction of sp³-hybridized carbons (Fsp3) is 0.533. The molecule has 1 atom stereocenters. The lowest BCUT2D eigenvalue weighted by atomic mass is 10.1. The molecular formula is C15H23Cl2N3O2. The standard InChI is InChI=1S/C15H23Cl2N3O2/c1-3-18-15(19-5-4-6-22-2)20-10-14(21)11-7-12(16)9-13(17)8-11/h7-9,14,21H,3-6,10H2,1-2H3,(H2,18,19,20). The molecule has 0 aliphatic heterocycles. The van der Waals surface area contributed by atoms with E-state index < -0.39 is 6.10 Å². The monoisotopic (exact) mass is 347 g/mol. The highest BCUT2D eigenvalue weighted by molar-refractivity contribution is 6.34. The third-order valence-corrected chi connectivity index (χ3v) is 3.29. The van der Waals surface area contributed by atoms with Gasteiger partial charge in [-0.2, -0.15) is 0 Å². The van der Waals surface area contributed by atoms with Gasteiger partial charge in [-0.25, -0.2) is 0 Å². The molecular weight excluding hydrogens is 325 g/mol. The second-order valence-corrected chi connectivity index (χ2v) is 5.58. The quantitative estimate of drug-likeness (QED) is 0.384. The molecule has 7 heteroatoms. The topological polar surface area (TPSA) is 65.9 Å². The van der Waals surface area contributed by atoms with Crippen molar-refractivity contribution in [1.82, 2.24) is 10.6 Å². The van der Waals surface area contributed by atoms with E-state index in [2.05, 4.69) is 15.6 Å². The van der Waals surface area contributed by atoms with Gasteiger partial charge in [-0.3, -0.25) is 4.99 Å². The summed E-state index contributed by atoms with van der Waals surface area (Å²) in [6.45, 7) is 4.39. The van der Waals surface area contributed by atoms with Crippen molar-refractivity contribution in [3.63, 3.8) is 0 Å². The molecule has 0 bridgehead atoms. The van der Waals surface area contributed by atoms with Gasteiger partial charge >= 0.3 is 0 Å². The summed E-state index contributed by atoms with van der Waals surface area (Å²) >= 11 is 11.9. The SMILES string of the molecule is CCNC(=NCC(O)c1cc(Cl)cc(Cl)c1)NCCCOC. The molecule has 0 aliphatic rings. The Balaban J connectivity index is 2.59. The van der Waals surface area contributed by atoms with E-state index in [1.165, 1.54) is 0 Å². The molecule has 3 N–H and O–H groups in total. The van der Waals surface area contributed by atoms with E-state index in [9.17, 15) is 5.11 Å².